The monoisotopic (exact) mass is 452 g/mol. The molecule has 1 saturated heterocycles. The molecule has 2 aromatic rings. The van der Waals surface area contributed by atoms with E-state index < -0.39 is 29.2 Å². The number of β-lactam (4-membered cyclic amide) rings is 1. The molecule has 0 spiro atoms. The number of nitrogens with zero attached hydrogens (tertiary/aromatic N) is 6. The molecule has 15 heteroatoms. The highest BCUT2D eigenvalue weighted by Crippen LogP contribution is 2.43. The highest BCUT2D eigenvalue weighted by atomic mass is 32.2. The lowest BCUT2D eigenvalue weighted by molar-refractivity contribution is -0.150. The lowest BCUT2D eigenvalue weighted by Crippen LogP contribution is -2.70. The molecular formula is C15H16N8O5S2. The third kappa shape index (κ3) is 3.77. The molecule has 0 saturated carbocycles. The van der Waals surface area contributed by atoms with Crippen LogP contribution in [0, 0.1) is 6.92 Å². The van der Waals surface area contributed by atoms with Crippen molar-refractivity contribution in [1.82, 2.24) is 41.0 Å². The van der Waals surface area contributed by atoms with Crippen molar-refractivity contribution in [2.45, 2.75) is 42.1 Å². The topological polar surface area (TPSA) is 180 Å². The number of carbonyl (C=O) groups is 3. The van der Waals surface area contributed by atoms with Gasteiger partial charge in [-0.1, -0.05) is 16.9 Å². The largest absolute Gasteiger partial charge is 0.477 e. The highest BCUT2D eigenvalue weighted by Gasteiger charge is 2.54. The second kappa shape index (κ2) is 8.06. The first kappa shape index (κ1) is 20.3. The Balaban J connectivity index is 1.47. The van der Waals surface area contributed by atoms with Crippen molar-refractivity contribution >= 4 is 41.3 Å². The molecule has 13 nitrogen and oxygen atoms in total. The van der Waals surface area contributed by atoms with Crippen molar-refractivity contribution < 1.29 is 24.0 Å². The molecular weight excluding hydrogens is 436 g/mol. The van der Waals surface area contributed by atoms with Crippen LogP contribution in [0.5, 0.6) is 0 Å². The van der Waals surface area contributed by atoms with Gasteiger partial charge in [0.05, 0.1) is 6.42 Å². The molecule has 3 N–H and O–H groups in total. The Bertz CT molecular complexity index is 1020. The number of carboxylic acids is 1. The summed E-state index contributed by atoms with van der Waals surface area (Å²) < 4.78 is 4.82. The third-order valence-corrected chi connectivity index (χ3v) is 6.85. The van der Waals surface area contributed by atoms with E-state index in [1.807, 2.05) is 6.92 Å². The van der Waals surface area contributed by atoms with Crippen LogP contribution in [-0.2, 0) is 20.8 Å². The van der Waals surface area contributed by atoms with Crippen molar-refractivity contribution in [2.24, 2.45) is 0 Å². The van der Waals surface area contributed by atoms with Gasteiger partial charge in [-0.25, -0.2) is 9.89 Å². The van der Waals surface area contributed by atoms with Gasteiger partial charge in [0.25, 0.3) is 5.91 Å². The van der Waals surface area contributed by atoms with Gasteiger partial charge in [0.1, 0.15) is 17.1 Å². The van der Waals surface area contributed by atoms with E-state index in [2.05, 4.69) is 36.1 Å². The van der Waals surface area contributed by atoms with Crippen LogP contribution in [0.1, 0.15) is 18.6 Å². The molecule has 2 aliphatic rings. The minimum Gasteiger partial charge on any atom is -0.477 e. The number of H-pyrrole nitrogens is 1. The molecule has 0 radical (unpaired) electrons. The fraction of sp³-hybridized carbons (Fsp3) is 0.467. The number of fused-ring (bicyclic) bond motifs is 1. The van der Waals surface area contributed by atoms with Gasteiger partial charge in [0, 0.05) is 17.9 Å². The first-order valence-electron chi connectivity index (χ1n) is 8.75. The maximum absolute atomic E-state index is 12.7. The minimum absolute atomic E-state index is 0.0597. The molecule has 3 atom stereocenters. The van der Waals surface area contributed by atoms with Gasteiger partial charge in [-0.3, -0.25) is 14.5 Å². The van der Waals surface area contributed by atoms with Gasteiger partial charge in [0.15, 0.2) is 5.82 Å². The quantitative estimate of drug-likeness (QED) is 0.357. The number of rotatable bonds is 7. The molecule has 1 fully saturated rings. The minimum atomic E-state index is -1.20. The molecule has 30 heavy (non-hydrogen) atoms. The molecule has 4 rings (SSSR count). The Morgan fingerprint density at radius 1 is 1.50 bits per heavy atom. The van der Waals surface area contributed by atoms with E-state index >= 15 is 0 Å². The van der Waals surface area contributed by atoms with E-state index in [0.717, 1.165) is 0 Å². The predicted molar refractivity (Wildman–Crippen MR) is 102 cm³/mol. The number of thioether (sulfide) groups is 2. The standard InChI is InChI=1S/C15H16N8O5S2/c1-5(30-15-18-21-22-19-15)7-4-29-13-10(12(25)23(13)11(7)14(26)27)17-9(24)3-8-16-6(2)28-20-8/h5,10,13H,3-4H2,1-2H3,(H,17,24)(H,26,27)(H,18,19,21,22)/t5?,10?,13-/m0/s1. The second-order valence-corrected chi connectivity index (χ2v) is 8.94. The first-order chi connectivity index (χ1) is 14.3. The number of aromatic nitrogens is 6. The number of amides is 2. The smallest absolute Gasteiger partial charge is 0.352 e. The first-order valence-corrected chi connectivity index (χ1v) is 10.7. The van der Waals surface area contributed by atoms with Gasteiger partial charge in [-0.2, -0.15) is 4.98 Å². The lowest BCUT2D eigenvalue weighted by atomic mass is 10.0. The van der Waals surface area contributed by atoms with Crippen molar-refractivity contribution in [3.8, 4) is 0 Å². The van der Waals surface area contributed by atoms with E-state index in [1.165, 1.54) is 28.4 Å². The molecule has 2 amide bonds. The summed E-state index contributed by atoms with van der Waals surface area (Å²) in [6.45, 7) is 3.43. The normalized spacial score (nSPS) is 21.8. The summed E-state index contributed by atoms with van der Waals surface area (Å²) in [7, 11) is 0. The molecule has 0 aromatic carbocycles. The summed E-state index contributed by atoms with van der Waals surface area (Å²) in [4.78, 5) is 42.1. The van der Waals surface area contributed by atoms with Crippen molar-refractivity contribution in [1.29, 1.82) is 0 Å². The Morgan fingerprint density at radius 2 is 2.30 bits per heavy atom. The van der Waals surface area contributed by atoms with E-state index in [4.69, 9.17) is 4.52 Å². The zero-order valence-corrected chi connectivity index (χ0v) is 17.4. The van der Waals surface area contributed by atoms with Crippen molar-refractivity contribution in [3.63, 3.8) is 0 Å². The number of aryl methyl sites for hydroxylation is 1. The maximum Gasteiger partial charge on any atom is 0.352 e. The Hall–Kier alpha value is -2.94. The van der Waals surface area contributed by atoms with Gasteiger partial charge in [-0.15, -0.1) is 16.9 Å². The van der Waals surface area contributed by atoms with Crippen LogP contribution in [0.2, 0.25) is 0 Å². The number of hydrogen-bond acceptors (Lipinski definition) is 11. The van der Waals surface area contributed by atoms with E-state index in [9.17, 15) is 19.5 Å². The van der Waals surface area contributed by atoms with Gasteiger partial charge in [0.2, 0.25) is 17.0 Å². The summed E-state index contributed by atoms with van der Waals surface area (Å²) in [5, 5.41) is 29.1. The number of hydrogen-bond donors (Lipinski definition) is 3. The molecule has 2 unspecified atom stereocenters. The summed E-state index contributed by atoms with van der Waals surface area (Å²) in [6, 6.07) is -0.812. The molecule has 2 aromatic heterocycles. The van der Waals surface area contributed by atoms with Crippen molar-refractivity contribution in [3.05, 3.63) is 23.0 Å². The predicted octanol–water partition coefficient (Wildman–Crippen LogP) is -0.647. The zero-order valence-electron chi connectivity index (χ0n) is 15.7. The maximum atomic E-state index is 12.7. The average molecular weight is 452 g/mol. The number of nitrogens with one attached hydrogen (secondary N) is 2. The highest BCUT2D eigenvalue weighted by molar-refractivity contribution is 8.01. The van der Waals surface area contributed by atoms with Crippen LogP contribution < -0.4 is 5.32 Å². The number of carbonyl (C=O) groups excluding carboxylic acids is 2. The van der Waals surface area contributed by atoms with E-state index in [1.54, 1.807) is 6.92 Å². The third-order valence-electron chi connectivity index (χ3n) is 4.51. The van der Waals surface area contributed by atoms with Gasteiger partial charge in [-0.05, 0) is 22.9 Å². The van der Waals surface area contributed by atoms with E-state index in [0.29, 0.717) is 22.4 Å². The summed E-state index contributed by atoms with van der Waals surface area (Å²) in [5.74, 6) is -1.17. The molecule has 0 aliphatic carbocycles. The van der Waals surface area contributed by atoms with Gasteiger partial charge >= 0.3 is 5.97 Å². The van der Waals surface area contributed by atoms with Crippen LogP contribution in [0.3, 0.4) is 0 Å². The number of aliphatic carboxylic acids is 1. The van der Waals surface area contributed by atoms with Crippen LogP contribution >= 0.6 is 23.5 Å². The van der Waals surface area contributed by atoms with Crippen molar-refractivity contribution in [2.75, 3.05) is 5.75 Å². The van der Waals surface area contributed by atoms with Crippen LogP contribution in [0.25, 0.3) is 0 Å². The molecule has 0 bridgehead atoms. The number of carboxylic acid groups (broad SMARTS) is 1. The SMILES string of the molecule is Cc1nc(CC(=O)NC2C(=O)N3C(C(=O)O)=C(C(C)Sc4nnn[nH]4)CS[C@@H]23)no1. The molecule has 2 aliphatic heterocycles. The zero-order chi connectivity index (χ0) is 21.4. The fourth-order valence-electron chi connectivity index (χ4n) is 3.17. The summed E-state index contributed by atoms with van der Waals surface area (Å²) >= 11 is 2.66. The second-order valence-electron chi connectivity index (χ2n) is 6.51. The van der Waals surface area contributed by atoms with Crippen LogP contribution in [0.4, 0.5) is 0 Å². The molecule has 4 heterocycles. The fourth-order valence-corrected chi connectivity index (χ4v) is 5.60. The molecule has 158 valence electrons. The van der Waals surface area contributed by atoms with E-state index in [-0.39, 0.29) is 23.2 Å². The number of tetrazole rings is 1. The lowest BCUT2D eigenvalue weighted by Gasteiger charge is -2.50. The summed E-state index contributed by atoms with van der Waals surface area (Å²) in [5.41, 5.74) is 0.529. The number of aromatic amines is 1. The average Bonchev–Trinajstić information content (AvgIpc) is 3.36. The summed E-state index contributed by atoms with van der Waals surface area (Å²) in [6.07, 6.45) is -0.135. The van der Waals surface area contributed by atoms with Crippen LogP contribution in [0.15, 0.2) is 20.9 Å². The Kier molecular flexibility index (Phi) is 5.46. The Labute approximate surface area is 177 Å². The Morgan fingerprint density at radius 3 is 2.93 bits per heavy atom. The van der Waals surface area contributed by atoms with Crippen LogP contribution in [-0.4, -0.2) is 81.0 Å². The van der Waals surface area contributed by atoms with Gasteiger partial charge < -0.3 is 14.9 Å².